The van der Waals surface area contributed by atoms with Gasteiger partial charge < -0.3 is 10.3 Å². The predicted octanol–water partition coefficient (Wildman–Crippen LogP) is 5.67. The minimum absolute atomic E-state index is 0.459. The topological polar surface area (TPSA) is 27.8 Å². The normalized spacial score (nSPS) is 18.0. The van der Waals surface area contributed by atoms with E-state index in [9.17, 15) is 0 Å². The van der Waals surface area contributed by atoms with Crippen LogP contribution in [-0.2, 0) is 0 Å². The van der Waals surface area contributed by atoms with Crippen LogP contribution in [0, 0.1) is 0 Å². The molecule has 2 N–H and O–H groups in total. The fourth-order valence-electron chi connectivity index (χ4n) is 3.47. The van der Waals surface area contributed by atoms with Crippen molar-refractivity contribution >= 4 is 34.2 Å². The largest absolute Gasteiger partial charge is 0.361 e. The van der Waals surface area contributed by atoms with Crippen LogP contribution in [0.4, 0.5) is 0 Å². The van der Waals surface area contributed by atoms with Crippen LogP contribution < -0.4 is 5.32 Å². The molecule has 1 atom stereocenters. The summed E-state index contributed by atoms with van der Waals surface area (Å²) in [6.07, 6.45) is 10.7. The summed E-state index contributed by atoms with van der Waals surface area (Å²) in [7, 11) is 0. The molecule has 25 heavy (non-hydrogen) atoms. The van der Waals surface area contributed by atoms with Gasteiger partial charge >= 0.3 is 0 Å². The van der Waals surface area contributed by atoms with Gasteiger partial charge in [-0.3, -0.25) is 0 Å². The van der Waals surface area contributed by atoms with E-state index in [-0.39, 0.29) is 0 Å². The summed E-state index contributed by atoms with van der Waals surface area (Å²) in [5, 5.41) is 5.55. The van der Waals surface area contributed by atoms with Gasteiger partial charge in [0.05, 0.1) is 0 Å². The highest BCUT2D eigenvalue weighted by Crippen LogP contribution is 2.28. The van der Waals surface area contributed by atoms with Gasteiger partial charge in [-0.05, 0) is 42.2 Å². The number of aromatic amines is 1. The van der Waals surface area contributed by atoms with Gasteiger partial charge in [-0.1, -0.05) is 60.2 Å². The number of benzene rings is 2. The minimum atomic E-state index is 0.459. The summed E-state index contributed by atoms with van der Waals surface area (Å²) in [6.45, 7) is 0.927. The average Bonchev–Trinajstić information content (AvgIpc) is 3.13. The van der Waals surface area contributed by atoms with Crippen LogP contribution in [0.5, 0.6) is 0 Å². The standard InChI is InChI=1S/C22H21ClN2/c23-21-9-10-22-20(12-14-25-22)19(21)8-4-7-18-15-17(11-13-24-18)16-5-2-1-3-6-16/h1-6,8-12,14,18,24-25H,7,13,15H2. The molecule has 0 spiro atoms. The van der Waals surface area contributed by atoms with Crippen molar-refractivity contribution in [3.05, 3.63) is 83.0 Å². The zero-order valence-corrected chi connectivity index (χ0v) is 14.8. The number of rotatable bonds is 4. The lowest BCUT2D eigenvalue weighted by Gasteiger charge is -2.23. The molecule has 0 radical (unpaired) electrons. The Labute approximate surface area is 153 Å². The Morgan fingerprint density at radius 1 is 1.08 bits per heavy atom. The number of hydrogen-bond donors (Lipinski definition) is 2. The van der Waals surface area contributed by atoms with Crippen molar-refractivity contribution in [2.45, 2.75) is 18.9 Å². The van der Waals surface area contributed by atoms with E-state index >= 15 is 0 Å². The number of halogens is 1. The summed E-state index contributed by atoms with van der Waals surface area (Å²) in [4.78, 5) is 3.24. The molecule has 0 bridgehead atoms. The van der Waals surface area contributed by atoms with Gasteiger partial charge in [-0.2, -0.15) is 0 Å². The Morgan fingerprint density at radius 2 is 1.96 bits per heavy atom. The van der Waals surface area contributed by atoms with Crippen LogP contribution >= 0.6 is 11.6 Å². The Hall–Kier alpha value is -2.29. The summed E-state index contributed by atoms with van der Waals surface area (Å²) in [6, 6.07) is 17.2. The van der Waals surface area contributed by atoms with Crippen LogP contribution in [0.3, 0.4) is 0 Å². The fourth-order valence-corrected chi connectivity index (χ4v) is 3.70. The molecule has 0 saturated heterocycles. The van der Waals surface area contributed by atoms with Crippen molar-refractivity contribution in [2.75, 3.05) is 6.54 Å². The van der Waals surface area contributed by atoms with Crippen LogP contribution in [0.1, 0.15) is 24.0 Å². The molecule has 0 aliphatic carbocycles. The monoisotopic (exact) mass is 348 g/mol. The highest BCUT2D eigenvalue weighted by Gasteiger charge is 2.14. The molecule has 4 rings (SSSR count). The van der Waals surface area contributed by atoms with E-state index < -0.39 is 0 Å². The van der Waals surface area contributed by atoms with E-state index in [0.717, 1.165) is 35.5 Å². The van der Waals surface area contributed by atoms with Gasteiger partial charge in [-0.15, -0.1) is 0 Å². The second-order valence-electron chi connectivity index (χ2n) is 6.44. The molecule has 2 nitrogen and oxygen atoms in total. The summed E-state index contributed by atoms with van der Waals surface area (Å²) in [5.74, 6) is 0. The second kappa shape index (κ2) is 7.30. The predicted molar refractivity (Wildman–Crippen MR) is 108 cm³/mol. The second-order valence-corrected chi connectivity index (χ2v) is 6.85. The van der Waals surface area contributed by atoms with Crippen LogP contribution in [-0.4, -0.2) is 17.6 Å². The number of aromatic nitrogens is 1. The zero-order chi connectivity index (χ0) is 17.1. The van der Waals surface area contributed by atoms with Gasteiger partial charge in [0.15, 0.2) is 0 Å². The summed E-state index contributed by atoms with van der Waals surface area (Å²) in [5.41, 5.74) is 4.98. The molecule has 0 fully saturated rings. The van der Waals surface area contributed by atoms with Crippen LogP contribution in [0.2, 0.25) is 5.02 Å². The number of H-pyrrole nitrogens is 1. The summed E-state index contributed by atoms with van der Waals surface area (Å²) >= 11 is 6.39. The first-order valence-electron chi connectivity index (χ1n) is 8.71. The third kappa shape index (κ3) is 3.55. The molecule has 126 valence electrons. The minimum Gasteiger partial charge on any atom is -0.361 e. The van der Waals surface area contributed by atoms with Crippen molar-refractivity contribution in [2.24, 2.45) is 0 Å². The molecular weight excluding hydrogens is 328 g/mol. The highest BCUT2D eigenvalue weighted by molar-refractivity contribution is 6.33. The van der Waals surface area contributed by atoms with Crippen molar-refractivity contribution in [1.29, 1.82) is 0 Å². The third-order valence-corrected chi connectivity index (χ3v) is 5.12. The molecular formula is C22H21ClN2. The van der Waals surface area contributed by atoms with Gasteiger partial charge in [0.2, 0.25) is 0 Å². The third-order valence-electron chi connectivity index (χ3n) is 4.79. The molecule has 2 heterocycles. The fraction of sp³-hybridized carbons (Fsp3) is 0.182. The van der Waals surface area contributed by atoms with E-state index in [1.165, 1.54) is 16.5 Å². The van der Waals surface area contributed by atoms with E-state index in [2.05, 4.69) is 64.9 Å². The first-order valence-corrected chi connectivity index (χ1v) is 9.09. The van der Waals surface area contributed by atoms with Crippen molar-refractivity contribution in [1.82, 2.24) is 10.3 Å². The SMILES string of the molecule is Clc1ccc2[nH]ccc2c1C=CCC1CC(c2ccccc2)=CCN1. The molecule has 1 aliphatic rings. The lowest BCUT2D eigenvalue weighted by molar-refractivity contribution is 0.542. The lowest BCUT2D eigenvalue weighted by atomic mass is 9.93. The maximum Gasteiger partial charge on any atom is 0.0485 e. The zero-order valence-electron chi connectivity index (χ0n) is 14.0. The van der Waals surface area contributed by atoms with Gasteiger partial charge in [-0.25, -0.2) is 0 Å². The van der Waals surface area contributed by atoms with E-state index in [4.69, 9.17) is 11.6 Å². The van der Waals surface area contributed by atoms with Crippen LogP contribution in [0.15, 0.2) is 66.9 Å². The number of fused-ring (bicyclic) bond motifs is 1. The first-order chi connectivity index (χ1) is 12.3. The number of nitrogens with one attached hydrogen (secondary N) is 2. The van der Waals surface area contributed by atoms with Crippen LogP contribution in [0.25, 0.3) is 22.6 Å². The van der Waals surface area contributed by atoms with E-state index in [0.29, 0.717) is 6.04 Å². The van der Waals surface area contributed by atoms with Crippen molar-refractivity contribution in [3.63, 3.8) is 0 Å². The lowest BCUT2D eigenvalue weighted by Crippen LogP contribution is -2.32. The first kappa shape index (κ1) is 16.2. The molecule has 3 heteroatoms. The van der Waals surface area contributed by atoms with Crippen molar-refractivity contribution in [3.8, 4) is 0 Å². The van der Waals surface area contributed by atoms with E-state index in [1.54, 1.807) is 0 Å². The molecule has 1 aromatic heterocycles. The highest BCUT2D eigenvalue weighted by atomic mass is 35.5. The van der Waals surface area contributed by atoms with Gasteiger partial charge in [0, 0.05) is 40.3 Å². The van der Waals surface area contributed by atoms with Gasteiger partial charge in [0.1, 0.15) is 0 Å². The summed E-state index contributed by atoms with van der Waals surface area (Å²) < 4.78 is 0. The molecule has 0 amide bonds. The molecule has 0 saturated carbocycles. The average molecular weight is 349 g/mol. The molecule has 1 aliphatic heterocycles. The maximum atomic E-state index is 6.39. The molecule has 1 unspecified atom stereocenters. The van der Waals surface area contributed by atoms with E-state index in [1.807, 2.05) is 18.3 Å². The number of hydrogen-bond acceptors (Lipinski definition) is 1. The molecule has 2 aromatic carbocycles. The quantitative estimate of drug-likeness (QED) is 0.624. The van der Waals surface area contributed by atoms with Gasteiger partial charge in [0.25, 0.3) is 0 Å². The Bertz CT molecular complexity index is 922. The Kier molecular flexibility index (Phi) is 4.73. The maximum absolute atomic E-state index is 6.39. The smallest absolute Gasteiger partial charge is 0.0485 e. The molecule has 3 aromatic rings. The Morgan fingerprint density at radius 3 is 2.84 bits per heavy atom. The van der Waals surface area contributed by atoms with Crippen molar-refractivity contribution < 1.29 is 0 Å². The Balaban J connectivity index is 1.46.